The van der Waals surface area contributed by atoms with Crippen molar-refractivity contribution in [2.45, 2.75) is 40.2 Å². The van der Waals surface area contributed by atoms with Gasteiger partial charge < -0.3 is 5.11 Å². The van der Waals surface area contributed by atoms with E-state index < -0.39 is 21.7 Å². The number of hydrogen-bond donors (Lipinski definition) is 1. The topological polar surface area (TPSA) is 89.3 Å². The number of aryl methyl sites for hydroxylation is 2. The lowest BCUT2D eigenvalue weighted by Crippen LogP contribution is -2.16. The predicted molar refractivity (Wildman–Crippen MR) is 72.1 cm³/mol. The Bertz CT molecular complexity index is 575. The van der Waals surface area contributed by atoms with Gasteiger partial charge in [-0.05, 0) is 20.8 Å². The quantitative estimate of drug-likeness (QED) is 0.847. The standard InChI is InChI=1S/C12H20N2O4S/c1-5-19(17,18)7-6-14-10(4)11(9(3)13-14)8(2)12(15)16/h8H,5-7H2,1-4H3,(H,15,16). The Hall–Kier alpha value is -1.37. The number of carbonyl (C=O) groups is 1. The number of rotatable bonds is 6. The summed E-state index contributed by atoms with van der Waals surface area (Å²) in [5.74, 6) is -1.43. The third-order valence-corrected chi connectivity index (χ3v) is 4.98. The Morgan fingerprint density at radius 2 is 2.00 bits per heavy atom. The minimum atomic E-state index is -3.05. The molecule has 0 radical (unpaired) electrons. The van der Waals surface area contributed by atoms with Crippen LogP contribution in [-0.2, 0) is 21.2 Å². The molecule has 108 valence electrons. The Labute approximate surface area is 113 Å². The van der Waals surface area contributed by atoms with E-state index in [0.717, 1.165) is 5.69 Å². The van der Waals surface area contributed by atoms with E-state index in [-0.39, 0.29) is 18.1 Å². The summed E-state index contributed by atoms with van der Waals surface area (Å²) in [6.45, 7) is 6.98. The van der Waals surface area contributed by atoms with Gasteiger partial charge in [-0.2, -0.15) is 5.10 Å². The number of aromatic nitrogens is 2. The van der Waals surface area contributed by atoms with Gasteiger partial charge in [-0.25, -0.2) is 8.42 Å². The third-order valence-electron chi connectivity index (χ3n) is 3.29. The molecule has 0 aliphatic heterocycles. The Morgan fingerprint density at radius 1 is 1.42 bits per heavy atom. The van der Waals surface area contributed by atoms with Crippen molar-refractivity contribution in [1.82, 2.24) is 9.78 Å². The van der Waals surface area contributed by atoms with Crippen molar-refractivity contribution < 1.29 is 18.3 Å². The van der Waals surface area contributed by atoms with Gasteiger partial charge >= 0.3 is 5.97 Å². The molecule has 1 aromatic rings. The normalized spacial score (nSPS) is 13.5. The minimum absolute atomic E-state index is 0.0202. The number of hydrogen-bond acceptors (Lipinski definition) is 4. The van der Waals surface area contributed by atoms with Crippen molar-refractivity contribution in [1.29, 1.82) is 0 Å². The lowest BCUT2D eigenvalue weighted by atomic mass is 9.99. The van der Waals surface area contributed by atoms with Crippen LogP contribution in [0.15, 0.2) is 0 Å². The van der Waals surface area contributed by atoms with Crippen LogP contribution in [-0.4, -0.2) is 40.8 Å². The number of sulfone groups is 1. The summed E-state index contributed by atoms with van der Waals surface area (Å²) in [4.78, 5) is 11.0. The summed E-state index contributed by atoms with van der Waals surface area (Å²) in [7, 11) is -3.05. The van der Waals surface area contributed by atoms with Gasteiger partial charge in [0, 0.05) is 17.0 Å². The number of carboxylic acid groups (broad SMARTS) is 1. The molecule has 1 N–H and O–H groups in total. The first-order valence-electron chi connectivity index (χ1n) is 6.16. The van der Waals surface area contributed by atoms with Crippen molar-refractivity contribution in [3.8, 4) is 0 Å². The van der Waals surface area contributed by atoms with Gasteiger partial charge in [0.2, 0.25) is 0 Å². The first-order chi connectivity index (χ1) is 8.69. The average molecular weight is 288 g/mol. The lowest BCUT2D eigenvalue weighted by molar-refractivity contribution is -0.138. The van der Waals surface area contributed by atoms with Gasteiger partial charge in [0.25, 0.3) is 0 Å². The number of nitrogens with zero attached hydrogens (tertiary/aromatic N) is 2. The fourth-order valence-corrected chi connectivity index (χ4v) is 2.79. The van der Waals surface area contributed by atoms with Gasteiger partial charge in [-0.1, -0.05) is 6.92 Å². The molecule has 1 heterocycles. The summed E-state index contributed by atoms with van der Waals surface area (Å²) in [6, 6.07) is 0. The molecule has 0 aliphatic rings. The van der Waals surface area contributed by atoms with Crippen molar-refractivity contribution in [3.63, 3.8) is 0 Å². The Morgan fingerprint density at radius 3 is 2.47 bits per heavy atom. The van der Waals surface area contributed by atoms with Crippen LogP contribution in [0.3, 0.4) is 0 Å². The summed E-state index contributed by atoms with van der Waals surface area (Å²) in [5, 5.41) is 13.3. The molecule has 1 aromatic heterocycles. The molecule has 0 fully saturated rings. The zero-order valence-corrected chi connectivity index (χ0v) is 12.5. The van der Waals surface area contributed by atoms with E-state index >= 15 is 0 Å². The van der Waals surface area contributed by atoms with Crippen LogP contribution < -0.4 is 0 Å². The number of carboxylic acids is 1. The molecule has 0 spiro atoms. The van der Waals surface area contributed by atoms with Crippen LogP contribution >= 0.6 is 0 Å². The summed E-state index contributed by atoms with van der Waals surface area (Å²) >= 11 is 0. The zero-order chi connectivity index (χ0) is 14.8. The van der Waals surface area contributed by atoms with Gasteiger partial charge in [0.1, 0.15) is 0 Å². The fourth-order valence-electron chi connectivity index (χ4n) is 2.05. The van der Waals surface area contributed by atoms with E-state index in [1.807, 2.05) is 0 Å². The highest BCUT2D eigenvalue weighted by Crippen LogP contribution is 2.23. The monoisotopic (exact) mass is 288 g/mol. The molecule has 6 nitrogen and oxygen atoms in total. The molecule has 19 heavy (non-hydrogen) atoms. The molecule has 0 saturated carbocycles. The van der Waals surface area contributed by atoms with Crippen LogP contribution in [0.25, 0.3) is 0 Å². The lowest BCUT2D eigenvalue weighted by Gasteiger charge is -2.08. The molecular formula is C12H20N2O4S. The summed E-state index contributed by atoms with van der Waals surface area (Å²) in [5.41, 5.74) is 2.03. The highest BCUT2D eigenvalue weighted by Gasteiger charge is 2.23. The first kappa shape index (κ1) is 15.7. The second kappa shape index (κ2) is 5.73. The maximum atomic E-state index is 11.5. The second-order valence-electron chi connectivity index (χ2n) is 4.60. The highest BCUT2D eigenvalue weighted by atomic mass is 32.2. The second-order valence-corrected chi connectivity index (χ2v) is 7.08. The van der Waals surface area contributed by atoms with Crippen molar-refractivity contribution in [3.05, 3.63) is 17.0 Å². The average Bonchev–Trinajstić information content (AvgIpc) is 2.61. The largest absolute Gasteiger partial charge is 0.481 e. The van der Waals surface area contributed by atoms with E-state index in [0.29, 0.717) is 11.3 Å². The maximum Gasteiger partial charge on any atom is 0.310 e. The van der Waals surface area contributed by atoms with Gasteiger partial charge in [-0.15, -0.1) is 0 Å². The van der Waals surface area contributed by atoms with Gasteiger partial charge in [0.15, 0.2) is 9.84 Å². The zero-order valence-electron chi connectivity index (χ0n) is 11.7. The molecule has 7 heteroatoms. The SMILES string of the molecule is CCS(=O)(=O)CCn1nc(C)c(C(C)C(=O)O)c1C. The Kier molecular flexibility index (Phi) is 4.73. The molecular weight excluding hydrogens is 268 g/mol. The van der Waals surface area contributed by atoms with Crippen LogP contribution in [0.1, 0.15) is 36.7 Å². The van der Waals surface area contributed by atoms with Crippen LogP contribution in [0.4, 0.5) is 0 Å². The van der Waals surface area contributed by atoms with Crippen molar-refractivity contribution in [2.75, 3.05) is 11.5 Å². The van der Waals surface area contributed by atoms with Gasteiger partial charge in [0.05, 0.1) is 23.9 Å². The summed E-state index contributed by atoms with van der Waals surface area (Å²) < 4.78 is 24.5. The third kappa shape index (κ3) is 3.56. The van der Waals surface area contributed by atoms with E-state index in [1.165, 1.54) is 0 Å². The highest BCUT2D eigenvalue weighted by molar-refractivity contribution is 7.91. The molecule has 1 atom stereocenters. The van der Waals surface area contributed by atoms with E-state index in [4.69, 9.17) is 5.11 Å². The Balaban J connectivity index is 3.01. The maximum absolute atomic E-state index is 11.5. The van der Waals surface area contributed by atoms with E-state index in [1.54, 1.807) is 32.4 Å². The molecule has 1 rings (SSSR count). The fraction of sp³-hybridized carbons (Fsp3) is 0.667. The van der Waals surface area contributed by atoms with Crippen LogP contribution in [0.5, 0.6) is 0 Å². The molecule has 1 unspecified atom stereocenters. The van der Waals surface area contributed by atoms with E-state index in [2.05, 4.69) is 5.10 Å². The molecule has 0 aliphatic carbocycles. The van der Waals surface area contributed by atoms with Crippen molar-refractivity contribution in [2.24, 2.45) is 0 Å². The van der Waals surface area contributed by atoms with Crippen LogP contribution in [0, 0.1) is 13.8 Å². The number of aliphatic carboxylic acids is 1. The molecule has 0 aromatic carbocycles. The minimum Gasteiger partial charge on any atom is -0.481 e. The van der Waals surface area contributed by atoms with Crippen LogP contribution in [0.2, 0.25) is 0 Å². The first-order valence-corrected chi connectivity index (χ1v) is 7.99. The van der Waals surface area contributed by atoms with E-state index in [9.17, 15) is 13.2 Å². The predicted octanol–water partition coefficient (Wildman–Crippen LogP) is 1.12. The smallest absolute Gasteiger partial charge is 0.310 e. The molecule has 0 saturated heterocycles. The van der Waals surface area contributed by atoms with Gasteiger partial charge in [-0.3, -0.25) is 9.48 Å². The van der Waals surface area contributed by atoms with Crippen molar-refractivity contribution >= 4 is 15.8 Å². The summed E-state index contributed by atoms with van der Waals surface area (Å²) in [6.07, 6.45) is 0. The molecule has 0 bridgehead atoms. The molecule has 0 amide bonds.